The van der Waals surface area contributed by atoms with E-state index >= 15 is 0 Å². The van der Waals surface area contributed by atoms with Crippen molar-refractivity contribution >= 4 is 29.3 Å². The van der Waals surface area contributed by atoms with Gasteiger partial charge in [0.25, 0.3) is 17.5 Å². The Kier molecular flexibility index (Phi) is 4.03. The molecule has 0 fully saturated rings. The highest BCUT2D eigenvalue weighted by molar-refractivity contribution is 6.31. The molecule has 28 heavy (non-hydrogen) atoms. The third-order valence-corrected chi connectivity index (χ3v) is 4.20. The number of nitro benzene ring substituents is 1. The van der Waals surface area contributed by atoms with Gasteiger partial charge in [-0.2, -0.15) is 15.3 Å². The van der Waals surface area contributed by atoms with Gasteiger partial charge in [0.05, 0.1) is 16.2 Å². The fourth-order valence-corrected chi connectivity index (χ4v) is 2.77. The van der Waals surface area contributed by atoms with Crippen molar-refractivity contribution in [3.63, 3.8) is 0 Å². The lowest BCUT2D eigenvalue weighted by atomic mass is 10.1. The summed E-state index contributed by atoms with van der Waals surface area (Å²) in [5.41, 5.74) is 2.20. The lowest BCUT2D eigenvalue weighted by molar-refractivity contribution is -0.384. The monoisotopic (exact) mass is 379 g/mol. The SMILES string of the molecule is CC1=NN(c2nn[nH]n2)C(=O)/C1=C/c1ccc(-c2cc([N+](=O)[O-])ccc2C)o1. The van der Waals surface area contributed by atoms with Gasteiger partial charge in [-0.1, -0.05) is 11.2 Å². The second-order valence-electron chi connectivity index (χ2n) is 6.03. The number of furan rings is 1. The third-order valence-electron chi connectivity index (χ3n) is 4.20. The first-order chi connectivity index (χ1) is 13.4. The summed E-state index contributed by atoms with van der Waals surface area (Å²) in [6.07, 6.45) is 1.55. The van der Waals surface area contributed by atoms with Gasteiger partial charge in [0.2, 0.25) is 0 Å². The smallest absolute Gasteiger partial charge is 0.293 e. The first-order valence-corrected chi connectivity index (χ1v) is 8.14. The molecule has 0 spiro atoms. The second kappa shape index (κ2) is 6.54. The molecule has 0 saturated carbocycles. The van der Waals surface area contributed by atoms with E-state index in [0.717, 1.165) is 10.6 Å². The van der Waals surface area contributed by atoms with Crippen molar-refractivity contribution in [1.82, 2.24) is 20.6 Å². The number of tetrazole rings is 1. The summed E-state index contributed by atoms with van der Waals surface area (Å²) in [6, 6.07) is 7.93. The van der Waals surface area contributed by atoms with E-state index in [4.69, 9.17) is 4.42 Å². The number of amides is 1. The Hall–Kier alpha value is -4.15. The number of anilines is 1. The second-order valence-corrected chi connectivity index (χ2v) is 6.03. The maximum atomic E-state index is 12.6. The van der Waals surface area contributed by atoms with E-state index in [1.54, 1.807) is 31.2 Å². The van der Waals surface area contributed by atoms with Gasteiger partial charge in [0.1, 0.15) is 11.5 Å². The van der Waals surface area contributed by atoms with E-state index in [9.17, 15) is 14.9 Å². The number of carbonyl (C=O) groups is 1. The summed E-state index contributed by atoms with van der Waals surface area (Å²) in [5, 5.41) is 29.4. The Bertz CT molecular complexity index is 1140. The highest BCUT2D eigenvalue weighted by Crippen LogP contribution is 2.30. The van der Waals surface area contributed by atoms with Gasteiger partial charge < -0.3 is 4.42 Å². The van der Waals surface area contributed by atoms with Crippen molar-refractivity contribution in [2.75, 3.05) is 5.01 Å². The van der Waals surface area contributed by atoms with Crippen LogP contribution in [0, 0.1) is 17.0 Å². The molecule has 2 aromatic heterocycles. The summed E-state index contributed by atoms with van der Waals surface area (Å²) in [6.45, 7) is 3.51. The van der Waals surface area contributed by atoms with Crippen molar-refractivity contribution in [3.8, 4) is 11.3 Å². The van der Waals surface area contributed by atoms with Crippen LogP contribution in [0.15, 0.2) is 45.4 Å². The summed E-state index contributed by atoms with van der Waals surface area (Å²) < 4.78 is 5.80. The van der Waals surface area contributed by atoms with Crippen molar-refractivity contribution in [2.24, 2.45) is 5.10 Å². The molecular weight excluding hydrogens is 366 g/mol. The van der Waals surface area contributed by atoms with Gasteiger partial charge in [-0.05, 0) is 42.8 Å². The summed E-state index contributed by atoms with van der Waals surface area (Å²) in [5.74, 6) is 0.500. The molecule has 0 saturated heterocycles. The van der Waals surface area contributed by atoms with Gasteiger partial charge in [-0.25, -0.2) is 0 Å². The number of hydrogen-bond acceptors (Lipinski definition) is 8. The molecule has 11 heteroatoms. The van der Waals surface area contributed by atoms with Gasteiger partial charge in [-0.15, -0.1) is 5.10 Å². The number of rotatable bonds is 4. The first kappa shape index (κ1) is 17.3. The zero-order valence-electron chi connectivity index (χ0n) is 14.8. The Balaban J connectivity index is 1.66. The maximum absolute atomic E-state index is 12.6. The van der Waals surface area contributed by atoms with E-state index < -0.39 is 10.8 Å². The minimum Gasteiger partial charge on any atom is -0.457 e. The average molecular weight is 379 g/mol. The van der Waals surface area contributed by atoms with Crippen molar-refractivity contribution in [2.45, 2.75) is 13.8 Å². The number of carbonyl (C=O) groups excluding carboxylic acids is 1. The Morgan fingerprint density at radius 3 is 2.79 bits per heavy atom. The molecule has 140 valence electrons. The molecule has 3 aromatic rings. The molecule has 11 nitrogen and oxygen atoms in total. The molecule has 0 unspecified atom stereocenters. The maximum Gasteiger partial charge on any atom is 0.293 e. The number of nitro groups is 1. The van der Waals surface area contributed by atoms with E-state index in [-0.39, 0.29) is 11.6 Å². The molecule has 0 atom stereocenters. The number of benzene rings is 1. The van der Waals surface area contributed by atoms with Crippen LogP contribution in [0.5, 0.6) is 0 Å². The molecule has 1 aliphatic rings. The van der Waals surface area contributed by atoms with Gasteiger partial charge in [-0.3, -0.25) is 14.9 Å². The first-order valence-electron chi connectivity index (χ1n) is 8.14. The Morgan fingerprint density at radius 2 is 2.07 bits per heavy atom. The minimum absolute atomic E-state index is 0.0263. The van der Waals surface area contributed by atoms with Gasteiger partial charge in [0, 0.05) is 17.7 Å². The number of nitrogens with one attached hydrogen (secondary N) is 1. The lowest BCUT2D eigenvalue weighted by Gasteiger charge is -2.04. The quantitative estimate of drug-likeness (QED) is 0.416. The number of hydrazone groups is 1. The number of hydrogen-bond donors (Lipinski definition) is 1. The molecule has 1 amide bonds. The lowest BCUT2D eigenvalue weighted by Crippen LogP contribution is -2.22. The number of aryl methyl sites for hydroxylation is 1. The standard InChI is InChI=1S/C17H13N7O4/c1-9-3-4-11(24(26)27)7-13(9)15-6-5-12(28-15)8-14-10(2)20-23(16(14)25)17-18-21-22-19-17/h3-8H,1-2H3,(H,18,19,21,22)/b14-8+. The minimum atomic E-state index is -0.460. The van der Waals surface area contributed by atoms with Gasteiger partial charge in [0.15, 0.2) is 0 Å². The molecular formula is C17H13N7O4. The van der Waals surface area contributed by atoms with Crippen LogP contribution in [-0.4, -0.2) is 37.2 Å². The van der Waals surface area contributed by atoms with Crippen LogP contribution < -0.4 is 5.01 Å². The average Bonchev–Trinajstić information content (AvgIpc) is 3.40. The van der Waals surface area contributed by atoms with E-state index in [1.807, 2.05) is 6.92 Å². The van der Waals surface area contributed by atoms with Gasteiger partial charge >= 0.3 is 0 Å². The number of H-pyrrole nitrogens is 1. The predicted molar refractivity (Wildman–Crippen MR) is 98.3 cm³/mol. The predicted octanol–water partition coefficient (Wildman–Crippen LogP) is 2.48. The number of aromatic amines is 1. The molecule has 3 heterocycles. The van der Waals surface area contributed by atoms with Crippen LogP contribution in [0.1, 0.15) is 18.2 Å². The molecule has 1 aliphatic heterocycles. The highest BCUT2D eigenvalue weighted by Gasteiger charge is 2.31. The molecule has 0 bridgehead atoms. The number of nitrogens with zero attached hydrogens (tertiary/aromatic N) is 6. The number of aromatic nitrogens is 4. The molecule has 0 aliphatic carbocycles. The van der Waals surface area contributed by atoms with Crippen LogP contribution in [0.2, 0.25) is 0 Å². The molecule has 4 rings (SSSR count). The van der Waals surface area contributed by atoms with Crippen molar-refractivity contribution < 1.29 is 14.1 Å². The van der Waals surface area contributed by atoms with E-state index in [0.29, 0.717) is 28.4 Å². The van der Waals surface area contributed by atoms with E-state index in [2.05, 4.69) is 25.7 Å². The summed E-state index contributed by atoms with van der Waals surface area (Å²) in [7, 11) is 0. The topological polar surface area (TPSA) is 143 Å². The largest absolute Gasteiger partial charge is 0.457 e. The fraction of sp³-hybridized carbons (Fsp3) is 0.118. The number of non-ortho nitro benzene ring substituents is 1. The molecule has 1 aromatic carbocycles. The van der Waals surface area contributed by atoms with Crippen molar-refractivity contribution in [3.05, 3.63) is 57.3 Å². The third kappa shape index (κ3) is 2.94. The van der Waals surface area contributed by atoms with E-state index in [1.165, 1.54) is 12.1 Å². The Labute approximate surface area is 157 Å². The van der Waals surface area contributed by atoms with Crippen LogP contribution in [0.3, 0.4) is 0 Å². The van der Waals surface area contributed by atoms with Crippen molar-refractivity contribution in [1.29, 1.82) is 0 Å². The zero-order valence-corrected chi connectivity index (χ0v) is 14.8. The summed E-state index contributed by atoms with van der Waals surface area (Å²) >= 11 is 0. The molecule has 1 N–H and O–H groups in total. The summed E-state index contributed by atoms with van der Waals surface area (Å²) in [4.78, 5) is 23.1. The zero-order chi connectivity index (χ0) is 19.8. The van der Waals surface area contributed by atoms with Crippen LogP contribution in [0.25, 0.3) is 17.4 Å². The fourth-order valence-electron chi connectivity index (χ4n) is 2.77. The van der Waals surface area contributed by atoms with Crippen LogP contribution >= 0.6 is 0 Å². The normalized spacial score (nSPS) is 15.4. The Morgan fingerprint density at radius 1 is 1.25 bits per heavy atom. The van der Waals surface area contributed by atoms with Crippen LogP contribution in [0.4, 0.5) is 11.6 Å². The highest BCUT2D eigenvalue weighted by atomic mass is 16.6. The molecule has 0 radical (unpaired) electrons. The van der Waals surface area contributed by atoms with Crippen LogP contribution in [-0.2, 0) is 4.79 Å².